The maximum atomic E-state index is 10.8. The zero-order valence-electron chi connectivity index (χ0n) is 19.5. The predicted molar refractivity (Wildman–Crippen MR) is 140 cm³/mol. The molecule has 0 aromatic heterocycles. The Balaban J connectivity index is 0. The van der Waals surface area contributed by atoms with E-state index < -0.39 is 0 Å². The van der Waals surface area contributed by atoms with Crippen LogP contribution in [0.25, 0.3) is 0 Å². The number of carbonyl (C=O) groups excluding carboxylic acids is 2. The van der Waals surface area contributed by atoms with E-state index in [-0.39, 0.29) is 11.9 Å². The molecule has 0 radical (unpaired) electrons. The molecule has 0 bridgehead atoms. The molecular weight excluding hydrogens is 559 g/mol. The van der Waals surface area contributed by atoms with Gasteiger partial charge in [0.15, 0.2) is 0 Å². The van der Waals surface area contributed by atoms with Crippen molar-refractivity contribution >= 4 is 50.5 Å². The van der Waals surface area contributed by atoms with Gasteiger partial charge >= 0.3 is 11.9 Å². The SMILES string of the molecule is COC(=O)CCCCCCCCCCBr.COC(=O)CCCCCCCCCCI. The summed E-state index contributed by atoms with van der Waals surface area (Å²) in [7, 11) is 2.90. The lowest BCUT2D eigenvalue weighted by atomic mass is 10.1. The molecule has 0 saturated heterocycles. The second kappa shape index (κ2) is 29.1. The molecule has 0 aromatic carbocycles. The molecule has 0 atom stereocenters. The number of esters is 2. The zero-order valence-corrected chi connectivity index (χ0v) is 23.3. The van der Waals surface area contributed by atoms with Crippen LogP contribution in [0.1, 0.15) is 116 Å². The number of carbonyl (C=O) groups is 2. The topological polar surface area (TPSA) is 52.6 Å². The summed E-state index contributed by atoms with van der Waals surface area (Å²) in [5.74, 6) is -0.149. The van der Waals surface area contributed by atoms with E-state index in [0.29, 0.717) is 12.8 Å². The van der Waals surface area contributed by atoms with Crippen LogP contribution in [0.15, 0.2) is 0 Å². The van der Waals surface area contributed by atoms with Gasteiger partial charge in [-0.2, -0.15) is 0 Å². The number of rotatable bonds is 20. The Labute approximate surface area is 208 Å². The molecule has 0 saturated carbocycles. The quantitative estimate of drug-likeness (QED) is 0.0608. The van der Waals surface area contributed by atoms with Gasteiger partial charge in [-0.05, 0) is 30.1 Å². The molecule has 30 heavy (non-hydrogen) atoms. The maximum absolute atomic E-state index is 10.8. The van der Waals surface area contributed by atoms with Crippen LogP contribution in [0.4, 0.5) is 0 Å². The van der Waals surface area contributed by atoms with Crippen LogP contribution < -0.4 is 0 Å². The predicted octanol–water partition coefficient (Wildman–Crippen LogP) is 8.17. The molecule has 4 nitrogen and oxygen atoms in total. The van der Waals surface area contributed by atoms with Gasteiger partial charge in [-0.15, -0.1) is 0 Å². The molecule has 0 spiro atoms. The fraction of sp³-hybridized carbons (Fsp3) is 0.917. The first-order valence-corrected chi connectivity index (χ1v) is 14.5. The van der Waals surface area contributed by atoms with Crippen molar-refractivity contribution < 1.29 is 19.1 Å². The van der Waals surface area contributed by atoms with Gasteiger partial charge in [0, 0.05) is 18.2 Å². The van der Waals surface area contributed by atoms with E-state index in [4.69, 9.17) is 0 Å². The summed E-state index contributed by atoms with van der Waals surface area (Å²) in [4.78, 5) is 21.6. The van der Waals surface area contributed by atoms with Gasteiger partial charge in [0.1, 0.15) is 0 Å². The first-order valence-electron chi connectivity index (χ1n) is 11.9. The van der Waals surface area contributed by atoms with E-state index in [0.717, 1.165) is 24.6 Å². The normalized spacial score (nSPS) is 10.3. The first-order chi connectivity index (χ1) is 14.6. The number of hydrogen-bond donors (Lipinski definition) is 0. The van der Waals surface area contributed by atoms with E-state index in [1.54, 1.807) is 0 Å². The Kier molecular flexibility index (Phi) is 31.4. The standard InChI is InChI=1S/C12H23BrO2.C12H23IO2/c2*1-15-12(14)10-8-6-4-2-3-5-7-9-11-13/h2*2-11H2,1H3. The highest BCUT2D eigenvalue weighted by Crippen LogP contribution is 2.11. The van der Waals surface area contributed by atoms with E-state index >= 15 is 0 Å². The van der Waals surface area contributed by atoms with Gasteiger partial charge in [-0.3, -0.25) is 9.59 Å². The smallest absolute Gasteiger partial charge is 0.305 e. The summed E-state index contributed by atoms with van der Waals surface area (Å²) in [6.45, 7) is 0. The van der Waals surface area contributed by atoms with Crippen LogP contribution in [0.5, 0.6) is 0 Å². The summed E-state index contributed by atoms with van der Waals surface area (Å²) in [6.07, 6.45) is 21.4. The number of ether oxygens (including phenoxy) is 2. The molecule has 6 heteroatoms. The van der Waals surface area contributed by atoms with Crippen LogP contribution in [0.2, 0.25) is 0 Å². The Morgan fingerprint density at radius 2 is 0.867 bits per heavy atom. The van der Waals surface area contributed by atoms with Crippen LogP contribution in [0.3, 0.4) is 0 Å². The second-order valence-electron chi connectivity index (χ2n) is 7.69. The highest BCUT2D eigenvalue weighted by atomic mass is 127. The Bertz CT molecular complexity index is 333. The molecule has 0 N–H and O–H groups in total. The monoisotopic (exact) mass is 604 g/mol. The number of alkyl halides is 2. The van der Waals surface area contributed by atoms with Gasteiger partial charge < -0.3 is 9.47 Å². The third-order valence-corrected chi connectivity index (χ3v) is 6.31. The van der Waals surface area contributed by atoms with Gasteiger partial charge in [-0.1, -0.05) is 116 Å². The van der Waals surface area contributed by atoms with Crippen molar-refractivity contribution in [2.45, 2.75) is 116 Å². The molecular formula is C24H46BrIO4. The highest BCUT2D eigenvalue weighted by Gasteiger charge is 1.99. The Morgan fingerprint density at radius 1 is 0.567 bits per heavy atom. The number of hydrogen-bond acceptors (Lipinski definition) is 4. The number of halogens is 2. The van der Waals surface area contributed by atoms with Gasteiger partial charge in [-0.25, -0.2) is 0 Å². The maximum Gasteiger partial charge on any atom is 0.305 e. The lowest BCUT2D eigenvalue weighted by Gasteiger charge is -2.01. The molecule has 0 amide bonds. The van der Waals surface area contributed by atoms with E-state index in [1.807, 2.05) is 0 Å². The molecule has 0 heterocycles. The Hall–Kier alpha value is 0.150. The minimum atomic E-state index is -0.0766. The average Bonchev–Trinajstić information content (AvgIpc) is 2.76. The highest BCUT2D eigenvalue weighted by molar-refractivity contribution is 14.1. The fourth-order valence-corrected chi connectivity index (χ4v) is 3.99. The molecule has 0 aliphatic heterocycles. The van der Waals surface area contributed by atoms with Gasteiger partial charge in [0.05, 0.1) is 14.2 Å². The van der Waals surface area contributed by atoms with E-state index in [2.05, 4.69) is 48.0 Å². The Morgan fingerprint density at radius 3 is 1.17 bits per heavy atom. The third-order valence-electron chi connectivity index (χ3n) is 4.98. The van der Waals surface area contributed by atoms with Crippen molar-refractivity contribution in [3.63, 3.8) is 0 Å². The summed E-state index contributed by atoms with van der Waals surface area (Å²) in [5.41, 5.74) is 0. The van der Waals surface area contributed by atoms with Crippen LogP contribution >= 0.6 is 38.5 Å². The van der Waals surface area contributed by atoms with Gasteiger partial charge in [0.2, 0.25) is 0 Å². The summed E-state index contributed by atoms with van der Waals surface area (Å²) >= 11 is 5.86. The number of methoxy groups -OCH3 is 2. The number of unbranched alkanes of at least 4 members (excludes halogenated alkanes) is 14. The minimum Gasteiger partial charge on any atom is -0.469 e. The van der Waals surface area contributed by atoms with Crippen molar-refractivity contribution in [2.75, 3.05) is 24.0 Å². The van der Waals surface area contributed by atoms with Gasteiger partial charge in [0.25, 0.3) is 0 Å². The van der Waals surface area contributed by atoms with Crippen molar-refractivity contribution in [1.29, 1.82) is 0 Å². The van der Waals surface area contributed by atoms with Crippen molar-refractivity contribution in [1.82, 2.24) is 0 Å². The van der Waals surface area contributed by atoms with Crippen molar-refractivity contribution in [2.24, 2.45) is 0 Å². The largest absolute Gasteiger partial charge is 0.469 e. The van der Waals surface area contributed by atoms with Crippen molar-refractivity contribution in [3.8, 4) is 0 Å². The molecule has 0 rings (SSSR count). The minimum absolute atomic E-state index is 0.0722. The molecule has 0 aliphatic carbocycles. The first kappa shape index (κ1) is 32.3. The van der Waals surface area contributed by atoms with Crippen LogP contribution in [-0.4, -0.2) is 35.9 Å². The molecule has 180 valence electrons. The molecule has 0 aromatic rings. The van der Waals surface area contributed by atoms with Crippen LogP contribution in [-0.2, 0) is 19.1 Å². The summed E-state index contributed by atoms with van der Waals surface area (Å²) in [5, 5.41) is 1.13. The molecule has 0 fully saturated rings. The fourth-order valence-electron chi connectivity index (χ4n) is 3.05. The third kappa shape index (κ3) is 30.3. The average molecular weight is 605 g/mol. The summed E-state index contributed by atoms with van der Waals surface area (Å²) in [6, 6.07) is 0. The molecule has 0 unspecified atom stereocenters. The lowest BCUT2D eigenvalue weighted by Crippen LogP contribution is -1.99. The van der Waals surface area contributed by atoms with Crippen molar-refractivity contribution in [3.05, 3.63) is 0 Å². The lowest BCUT2D eigenvalue weighted by molar-refractivity contribution is -0.141. The molecule has 0 aliphatic rings. The zero-order chi connectivity index (χ0) is 22.7. The second-order valence-corrected chi connectivity index (χ2v) is 9.56. The van der Waals surface area contributed by atoms with Crippen LogP contribution in [0, 0.1) is 0 Å². The summed E-state index contributed by atoms with van der Waals surface area (Å²) < 4.78 is 10.4. The van der Waals surface area contributed by atoms with E-state index in [1.165, 1.54) is 102 Å². The van der Waals surface area contributed by atoms with E-state index in [9.17, 15) is 9.59 Å².